The zero-order chi connectivity index (χ0) is 39.2. The van der Waals surface area contributed by atoms with Crippen LogP contribution in [-0.4, -0.2) is 0 Å². The Kier molecular flexibility index (Phi) is 4.87. The molecule has 1 nitrogen and oxygen atoms in total. The van der Waals surface area contributed by atoms with Gasteiger partial charge in [0.2, 0.25) is 0 Å². The maximum absolute atomic E-state index is 9.76. The Bertz CT molecular complexity index is 2920. The first-order valence-corrected chi connectivity index (χ1v) is 16.1. The Morgan fingerprint density at radius 2 is 1.04 bits per heavy atom. The van der Waals surface area contributed by atoms with Crippen LogP contribution < -0.4 is 4.90 Å². The van der Waals surface area contributed by atoms with Crippen LogP contribution in [0.3, 0.4) is 0 Å². The van der Waals surface area contributed by atoms with Crippen molar-refractivity contribution in [3.8, 4) is 33.4 Å². The molecule has 0 aliphatic heterocycles. The van der Waals surface area contributed by atoms with Crippen molar-refractivity contribution in [1.29, 1.82) is 0 Å². The third-order valence-electron chi connectivity index (χ3n) is 9.57. The minimum Gasteiger partial charge on any atom is -0.310 e. The Hall–Kier alpha value is -5.92. The zero-order valence-corrected chi connectivity index (χ0v) is 26.6. The van der Waals surface area contributed by atoms with E-state index in [4.69, 9.17) is 2.74 Å². The van der Waals surface area contributed by atoms with E-state index in [2.05, 4.69) is 26.0 Å². The van der Waals surface area contributed by atoms with Gasteiger partial charge in [0.25, 0.3) is 0 Å². The maximum Gasteiger partial charge on any atom is 0.0651 e. The van der Waals surface area contributed by atoms with Gasteiger partial charge in [0, 0.05) is 22.5 Å². The largest absolute Gasteiger partial charge is 0.310 e. The van der Waals surface area contributed by atoms with Crippen LogP contribution in [0.15, 0.2) is 176 Å². The number of rotatable bonds is 5. The van der Waals surface area contributed by atoms with Crippen LogP contribution in [0, 0.1) is 0 Å². The summed E-state index contributed by atoms with van der Waals surface area (Å²) in [5.41, 5.74) is 5.21. The Morgan fingerprint density at radius 1 is 0.438 bits per heavy atom. The molecule has 0 fully saturated rings. The molecule has 0 saturated heterocycles. The fraction of sp³-hybridized carbons (Fsp3) is 0.0638. The molecule has 0 radical (unpaired) electrons. The van der Waals surface area contributed by atoms with E-state index in [9.17, 15) is 8.22 Å². The zero-order valence-electron chi connectivity index (χ0n) is 34.6. The standard InChI is InChI=1S/C47H35N/c1-47(2)45-17-8-7-16-43(45)44-27-26-42(31-46(44)47)48(40-24-22-34(23-25-40)38-20-18-32-10-3-5-12-35(32)28-38)41-15-9-14-37(30-41)39-21-19-33-11-4-6-13-36(33)29-39/h3-31H,1-2H3/i9D,14D,15D,22D,23D,24D,25D,30D. The highest BCUT2D eigenvalue weighted by atomic mass is 15.1. The van der Waals surface area contributed by atoms with Crippen LogP contribution >= 0.6 is 0 Å². The summed E-state index contributed by atoms with van der Waals surface area (Å²) in [6, 6.07) is 37.9. The molecule has 0 spiro atoms. The second kappa shape index (κ2) is 11.1. The Balaban J connectivity index is 1.34. The van der Waals surface area contributed by atoms with Crippen LogP contribution in [0.1, 0.15) is 35.9 Å². The van der Waals surface area contributed by atoms with Gasteiger partial charge in [0.05, 0.1) is 11.0 Å². The second-order valence-corrected chi connectivity index (χ2v) is 12.8. The highest BCUT2D eigenvalue weighted by Crippen LogP contribution is 2.50. The molecule has 48 heavy (non-hydrogen) atoms. The van der Waals surface area contributed by atoms with Gasteiger partial charge in [-0.25, -0.2) is 0 Å². The van der Waals surface area contributed by atoms with Crippen molar-refractivity contribution < 1.29 is 11.0 Å². The molecule has 0 heterocycles. The minimum atomic E-state index is -0.447. The number of nitrogens with zero attached hydrogens (tertiary/aromatic N) is 1. The number of anilines is 3. The SMILES string of the molecule is [2H]c1c([2H])c(-c2ccc3ccccc3c2)c([2H])c(N(c2ccc3c(c2)C(C)(C)c2ccccc2-3)c2c([2H])c([2H])c(-c3ccc4ccccc4c3)c([2H])c2[2H])c1[2H]. The summed E-state index contributed by atoms with van der Waals surface area (Å²) < 4.78 is 75.1. The lowest BCUT2D eigenvalue weighted by atomic mass is 9.82. The number of fused-ring (bicyclic) bond motifs is 5. The monoisotopic (exact) mass is 621 g/mol. The van der Waals surface area contributed by atoms with Crippen molar-refractivity contribution in [2.75, 3.05) is 4.90 Å². The first-order chi connectivity index (χ1) is 26.9. The average Bonchev–Trinajstić information content (AvgIpc) is 3.44. The summed E-state index contributed by atoms with van der Waals surface area (Å²) >= 11 is 0. The fourth-order valence-electron chi connectivity index (χ4n) is 7.04. The van der Waals surface area contributed by atoms with Crippen LogP contribution in [0.2, 0.25) is 0 Å². The number of hydrogen-bond acceptors (Lipinski definition) is 1. The lowest BCUT2D eigenvalue weighted by Crippen LogP contribution is -2.16. The van der Waals surface area contributed by atoms with Gasteiger partial charge in [0.1, 0.15) is 0 Å². The quantitative estimate of drug-likeness (QED) is 0.185. The van der Waals surface area contributed by atoms with E-state index in [-0.39, 0.29) is 58.8 Å². The van der Waals surface area contributed by atoms with Crippen molar-refractivity contribution in [1.82, 2.24) is 0 Å². The summed E-state index contributed by atoms with van der Waals surface area (Å²) in [4.78, 5) is 1.44. The molecule has 0 saturated carbocycles. The predicted octanol–water partition coefficient (Wildman–Crippen LogP) is 13.1. The van der Waals surface area contributed by atoms with Crippen LogP contribution in [0.4, 0.5) is 17.1 Å². The molecule has 0 amide bonds. The van der Waals surface area contributed by atoms with Crippen molar-refractivity contribution in [2.45, 2.75) is 19.3 Å². The van der Waals surface area contributed by atoms with E-state index in [0.29, 0.717) is 16.8 Å². The number of hydrogen-bond donors (Lipinski definition) is 0. The first kappa shape index (κ1) is 21.1. The van der Waals surface area contributed by atoms with Gasteiger partial charge >= 0.3 is 0 Å². The molecule has 1 heteroatoms. The number of benzene rings is 8. The predicted molar refractivity (Wildman–Crippen MR) is 205 cm³/mol. The van der Waals surface area contributed by atoms with E-state index in [1.165, 1.54) is 4.90 Å². The van der Waals surface area contributed by atoms with Crippen LogP contribution in [0.5, 0.6) is 0 Å². The summed E-state index contributed by atoms with van der Waals surface area (Å²) in [6.45, 7) is 4.25. The van der Waals surface area contributed by atoms with Gasteiger partial charge in [-0.3, -0.25) is 0 Å². The molecular weight excluding hydrogens is 579 g/mol. The van der Waals surface area contributed by atoms with E-state index in [1.54, 1.807) is 12.1 Å². The van der Waals surface area contributed by atoms with Gasteiger partial charge in [0.15, 0.2) is 0 Å². The fourth-order valence-corrected chi connectivity index (χ4v) is 7.04. The molecule has 0 aromatic heterocycles. The van der Waals surface area contributed by atoms with Crippen molar-refractivity contribution in [3.05, 3.63) is 187 Å². The topological polar surface area (TPSA) is 3.24 Å². The van der Waals surface area contributed by atoms with Gasteiger partial charge < -0.3 is 4.90 Å². The summed E-state index contributed by atoms with van der Waals surface area (Å²) in [7, 11) is 0. The molecule has 1 aliphatic rings. The Labute approximate surface area is 293 Å². The van der Waals surface area contributed by atoms with Gasteiger partial charge in [-0.1, -0.05) is 141 Å². The summed E-state index contributed by atoms with van der Waals surface area (Å²) in [5.74, 6) is 0. The molecule has 0 unspecified atom stereocenters. The molecule has 1 aliphatic carbocycles. The van der Waals surface area contributed by atoms with E-state index in [0.717, 1.165) is 43.8 Å². The van der Waals surface area contributed by atoms with Crippen molar-refractivity contribution >= 4 is 38.6 Å². The van der Waals surface area contributed by atoms with Crippen molar-refractivity contribution in [2.24, 2.45) is 0 Å². The molecule has 0 N–H and O–H groups in total. The van der Waals surface area contributed by atoms with E-state index >= 15 is 0 Å². The highest BCUT2D eigenvalue weighted by molar-refractivity contribution is 5.91. The molecule has 0 bridgehead atoms. The third-order valence-corrected chi connectivity index (χ3v) is 9.57. The van der Waals surface area contributed by atoms with Gasteiger partial charge in [-0.15, -0.1) is 0 Å². The maximum atomic E-state index is 9.76. The average molecular weight is 622 g/mol. The summed E-state index contributed by atoms with van der Waals surface area (Å²) in [6.07, 6.45) is 0. The van der Waals surface area contributed by atoms with Gasteiger partial charge in [-0.05, 0) is 114 Å². The van der Waals surface area contributed by atoms with Crippen LogP contribution in [0.25, 0.3) is 54.9 Å². The van der Waals surface area contributed by atoms with E-state index < -0.39 is 17.5 Å². The normalized spacial score (nSPS) is 15.3. The Morgan fingerprint density at radius 3 is 1.75 bits per heavy atom. The van der Waals surface area contributed by atoms with Crippen LogP contribution in [-0.2, 0) is 5.41 Å². The minimum absolute atomic E-state index is 0.110. The summed E-state index contributed by atoms with van der Waals surface area (Å²) in [5, 5.41) is 3.73. The van der Waals surface area contributed by atoms with Gasteiger partial charge in [-0.2, -0.15) is 0 Å². The molecule has 228 valence electrons. The molecule has 9 rings (SSSR count). The third kappa shape index (κ3) is 4.70. The lowest BCUT2D eigenvalue weighted by Gasteiger charge is -2.28. The lowest BCUT2D eigenvalue weighted by molar-refractivity contribution is 0.660. The van der Waals surface area contributed by atoms with Crippen molar-refractivity contribution in [3.63, 3.8) is 0 Å². The second-order valence-electron chi connectivity index (χ2n) is 12.8. The molecule has 8 aromatic carbocycles. The molecular formula is C47H35N. The first-order valence-electron chi connectivity index (χ1n) is 20.1. The van der Waals surface area contributed by atoms with E-state index in [1.807, 2.05) is 103 Å². The smallest absolute Gasteiger partial charge is 0.0651 e. The molecule has 8 aromatic rings. The highest BCUT2D eigenvalue weighted by Gasteiger charge is 2.35. The molecule has 0 atom stereocenters.